The van der Waals surface area contributed by atoms with E-state index in [-0.39, 0.29) is 42.4 Å². The van der Waals surface area contributed by atoms with Gasteiger partial charge >= 0.3 is 5.97 Å². The number of rotatable bonds is 6. The van der Waals surface area contributed by atoms with Crippen molar-refractivity contribution in [2.75, 3.05) is 34.9 Å². The van der Waals surface area contributed by atoms with Gasteiger partial charge in [0.2, 0.25) is 5.79 Å². The number of nitrogens with zero attached hydrogens (tertiary/aromatic N) is 2. The van der Waals surface area contributed by atoms with Crippen molar-refractivity contribution in [3.8, 4) is 0 Å². The lowest BCUT2D eigenvalue weighted by atomic mass is 9.81. The molecule has 1 aliphatic carbocycles. The number of allylic oxidation sites excluding steroid dienone is 3. The average molecular weight is 805 g/mol. The van der Waals surface area contributed by atoms with Crippen molar-refractivity contribution in [3.05, 3.63) is 23.3 Å². The number of Topliss-reactive ketones (excluding diaryl/α,β-unsaturated/α-hetero) is 1. The summed E-state index contributed by atoms with van der Waals surface area (Å²) < 4.78 is 30.4. The van der Waals surface area contributed by atoms with E-state index in [0.29, 0.717) is 69.8 Å². The number of esters is 1. The molecule has 4 rings (SSSR count). The average Bonchev–Trinajstić information content (AvgIpc) is 3.18. The van der Waals surface area contributed by atoms with Crippen LogP contribution in [0.5, 0.6) is 0 Å². The van der Waals surface area contributed by atoms with Gasteiger partial charge in [-0.3, -0.25) is 14.6 Å². The predicted molar refractivity (Wildman–Crippen MR) is 216 cm³/mol. The molecule has 14 atom stereocenters. The van der Waals surface area contributed by atoms with E-state index in [4.69, 9.17) is 23.7 Å². The second-order valence-electron chi connectivity index (χ2n) is 17.4. The summed E-state index contributed by atoms with van der Waals surface area (Å²) in [4.78, 5) is 48.7. The molecule has 1 unspecified atom stereocenters. The second kappa shape index (κ2) is 21.1. The number of ketones is 1. The van der Waals surface area contributed by atoms with Gasteiger partial charge in [-0.15, -0.1) is 0 Å². The molecular formula is C44H72N2O11. The van der Waals surface area contributed by atoms with E-state index in [2.05, 4.69) is 11.9 Å². The largest absolute Gasteiger partial charge is 0.456 e. The number of amides is 1. The summed E-state index contributed by atoms with van der Waals surface area (Å²) in [5.74, 6) is -5.01. The number of cyclic esters (lactones) is 1. The van der Waals surface area contributed by atoms with Gasteiger partial charge in [-0.2, -0.15) is 0 Å². The van der Waals surface area contributed by atoms with Gasteiger partial charge in [-0.05, 0) is 95.5 Å². The van der Waals surface area contributed by atoms with Crippen LogP contribution < -0.4 is 0 Å². The quantitative estimate of drug-likeness (QED) is 0.244. The first-order valence-corrected chi connectivity index (χ1v) is 21.2. The van der Waals surface area contributed by atoms with Gasteiger partial charge in [0, 0.05) is 59.1 Å². The number of aliphatic hydroxyl groups excluding tert-OH is 2. The van der Waals surface area contributed by atoms with Crippen LogP contribution in [-0.2, 0) is 38.1 Å². The van der Waals surface area contributed by atoms with Crippen molar-refractivity contribution >= 4 is 23.4 Å². The Hall–Kier alpha value is -2.52. The zero-order valence-electron chi connectivity index (χ0n) is 36.1. The van der Waals surface area contributed by atoms with Crippen LogP contribution in [0.4, 0.5) is 0 Å². The van der Waals surface area contributed by atoms with Crippen LogP contribution in [0, 0.1) is 29.6 Å². The Morgan fingerprint density at radius 3 is 2.25 bits per heavy atom. The normalized spacial score (nSPS) is 41.8. The van der Waals surface area contributed by atoms with Crippen LogP contribution in [0.15, 0.2) is 28.3 Å². The number of carbonyl (C=O) groups is 3. The number of methoxy groups -OCH3 is 3. The molecule has 13 nitrogen and oxygen atoms in total. The molecule has 3 heterocycles. The van der Waals surface area contributed by atoms with Crippen LogP contribution in [-0.4, -0.2) is 133 Å². The van der Waals surface area contributed by atoms with Crippen LogP contribution >= 0.6 is 0 Å². The summed E-state index contributed by atoms with van der Waals surface area (Å²) in [6, 6.07) is -0.990. The van der Waals surface area contributed by atoms with Crippen LogP contribution in [0.1, 0.15) is 112 Å². The third-order valence-electron chi connectivity index (χ3n) is 13.1. The third kappa shape index (κ3) is 11.2. The predicted octanol–water partition coefficient (Wildman–Crippen LogP) is 4.97. The van der Waals surface area contributed by atoms with Crippen molar-refractivity contribution in [2.45, 2.75) is 167 Å². The van der Waals surface area contributed by atoms with Crippen molar-refractivity contribution in [1.29, 1.82) is 0 Å². The van der Waals surface area contributed by atoms with E-state index in [0.717, 1.165) is 5.57 Å². The van der Waals surface area contributed by atoms with E-state index in [1.165, 1.54) is 11.9 Å². The van der Waals surface area contributed by atoms with Gasteiger partial charge in [0.15, 0.2) is 5.71 Å². The number of hydrogen-bond acceptors (Lipinski definition) is 12. The van der Waals surface area contributed by atoms with Crippen LogP contribution in [0.25, 0.3) is 0 Å². The topological polar surface area (TPSA) is 174 Å². The molecule has 13 heteroatoms. The number of piperidine rings is 1. The molecular weight excluding hydrogens is 732 g/mol. The Morgan fingerprint density at radius 1 is 0.947 bits per heavy atom. The van der Waals surface area contributed by atoms with Gasteiger partial charge in [0.25, 0.3) is 5.91 Å². The first kappa shape index (κ1) is 47.2. The maximum atomic E-state index is 14.6. The Kier molecular flexibility index (Phi) is 17.5. The lowest BCUT2D eigenvalue weighted by Crippen LogP contribution is -2.64. The van der Waals surface area contributed by atoms with Gasteiger partial charge in [-0.25, -0.2) is 4.79 Å². The summed E-state index contributed by atoms with van der Waals surface area (Å²) in [6.07, 6.45) is 4.92. The molecule has 324 valence electrons. The molecule has 3 N–H and O–H groups in total. The standard InChI is InChI=1S/C44H72N2O11/c1-11-31-19-25(2)18-26(3)20-37(54-9)40-38(55-10)22-28(5)44(52,57-40)41(45-7)42(50)46-17-13-12-14-32(46)43(51)56-39(29(6)34(48)24-35(31)49)27(4)21-30-15-16-33(47)36(23-30)53-8/h19,21,26,28-34,36-40,47-48,52H,11-18,20,22-24H2,1-10H3/b25-19+,27-21+,45-41?/t26-,28+,29+,30?,31+,32-,33+,34-,36+,37-,38-,39+,40+,44+/m0/s1. The zero-order chi connectivity index (χ0) is 42.2. The molecule has 3 fully saturated rings. The summed E-state index contributed by atoms with van der Waals surface area (Å²) in [7, 11) is 6.21. The second-order valence-corrected chi connectivity index (χ2v) is 17.4. The number of ether oxygens (including phenoxy) is 5. The monoisotopic (exact) mass is 805 g/mol. The van der Waals surface area contributed by atoms with Gasteiger partial charge < -0.3 is 43.9 Å². The maximum absolute atomic E-state index is 14.6. The molecule has 3 aliphatic heterocycles. The van der Waals surface area contributed by atoms with Crippen LogP contribution in [0.3, 0.4) is 0 Å². The van der Waals surface area contributed by atoms with E-state index in [1.54, 1.807) is 35.2 Å². The highest BCUT2D eigenvalue weighted by molar-refractivity contribution is 6.41. The first-order valence-electron chi connectivity index (χ1n) is 21.2. The molecule has 0 radical (unpaired) electrons. The highest BCUT2D eigenvalue weighted by atomic mass is 16.7. The van der Waals surface area contributed by atoms with Crippen molar-refractivity contribution in [3.63, 3.8) is 0 Å². The Balaban J connectivity index is 1.79. The molecule has 0 spiro atoms. The van der Waals surface area contributed by atoms with E-state index >= 15 is 0 Å². The Labute approximate surface area is 340 Å². The zero-order valence-corrected chi connectivity index (χ0v) is 36.1. The smallest absolute Gasteiger partial charge is 0.329 e. The Morgan fingerprint density at radius 2 is 1.61 bits per heavy atom. The number of aliphatic imine (C=N–C) groups is 1. The van der Waals surface area contributed by atoms with Crippen molar-refractivity contribution in [2.24, 2.45) is 34.6 Å². The molecule has 2 saturated heterocycles. The first-order chi connectivity index (χ1) is 27.0. The van der Waals surface area contributed by atoms with E-state index < -0.39 is 78.1 Å². The molecule has 57 heavy (non-hydrogen) atoms. The van der Waals surface area contributed by atoms with Crippen molar-refractivity contribution in [1.82, 2.24) is 4.90 Å². The molecule has 0 aromatic heterocycles. The van der Waals surface area contributed by atoms with Gasteiger partial charge in [0.05, 0.1) is 30.5 Å². The summed E-state index contributed by atoms with van der Waals surface area (Å²) >= 11 is 0. The summed E-state index contributed by atoms with van der Waals surface area (Å²) in [5, 5.41) is 34.6. The molecule has 2 bridgehead atoms. The molecule has 1 amide bonds. The van der Waals surface area contributed by atoms with Crippen molar-refractivity contribution < 1.29 is 53.4 Å². The summed E-state index contributed by atoms with van der Waals surface area (Å²) in [6.45, 7) is 11.7. The van der Waals surface area contributed by atoms with Gasteiger partial charge in [-0.1, -0.05) is 45.4 Å². The van der Waals surface area contributed by atoms with E-state index in [9.17, 15) is 29.7 Å². The van der Waals surface area contributed by atoms with Crippen LogP contribution in [0.2, 0.25) is 0 Å². The maximum Gasteiger partial charge on any atom is 0.329 e. The number of carbonyl (C=O) groups excluding carboxylic acids is 3. The minimum absolute atomic E-state index is 0.0293. The highest BCUT2D eigenvalue weighted by Gasteiger charge is 2.55. The van der Waals surface area contributed by atoms with E-state index in [1.807, 2.05) is 32.9 Å². The lowest BCUT2D eigenvalue weighted by molar-refractivity contribution is -0.286. The molecule has 1 saturated carbocycles. The molecule has 0 aromatic rings. The minimum atomic E-state index is -2.10. The third-order valence-corrected chi connectivity index (χ3v) is 13.1. The highest BCUT2D eigenvalue weighted by Crippen LogP contribution is 2.40. The number of aliphatic hydroxyl groups is 3. The summed E-state index contributed by atoms with van der Waals surface area (Å²) in [5.41, 5.74) is 1.54. The Bertz CT molecular complexity index is 1460. The molecule has 4 aliphatic rings. The molecule has 0 aromatic carbocycles. The van der Waals surface area contributed by atoms with Gasteiger partial charge in [0.1, 0.15) is 24.0 Å². The SMILES string of the molecule is CC[C@@H]1/C=C(\C)C[C@H](C)C[C@H](OC)[C@H]2O[C@@](O)(C(=NC)C(=O)N3CCCC[C@H]3C(=O)O[C@H](/C(C)=C/C3CC[C@@H](O)[C@H](OC)C3)[C@H](C)[C@@H](O)CC1=O)[C@H](C)C[C@@H]2OC. The number of fused-ring (bicyclic) bond motifs is 3. The fourth-order valence-electron chi connectivity index (χ4n) is 9.66. The fourth-order valence-corrected chi connectivity index (χ4v) is 9.66. The lowest BCUT2D eigenvalue weighted by Gasteiger charge is -2.48. The minimum Gasteiger partial charge on any atom is -0.456 e. The number of hydrogen-bond donors (Lipinski definition) is 3. The fraction of sp³-hybridized carbons (Fsp3) is 0.818.